The summed E-state index contributed by atoms with van der Waals surface area (Å²) in [7, 11) is -2.17. The second kappa shape index (κ2) is 26.4. The average molecular weight is 535 g/mol. The summed E-state index contributed by atoms with van der Waals surface area (Å²) in [4.78, 5) is 22.0. The molecule has 0 saturated carbocycles. The topological polar surface area (TPSA) is 89.4 Å². The first-order chi connectivity index (χ1) is 17.4. The van der Waals surface area contributed by atoms with Crippen LogP contribution >= 0.6 is 7.82 Å². The minimum absolute atomic E-state index is 0.0118. The molecule has 7 heteroatoms. The number of unbranched alkanes of at least 4 members (excludes halogenated alkanes) is 16. The normalized spacial score (nSPS) is 14.1. The van der Waals surface area contributed by atoms with Gasteiger partial charge >= 0.3 is 7.82 Å². The molecule has 6 nitrogen and oxygen atoms in total. The molecule has 0 bridgehead atoms. The summed E-state index contributed by atoms with van der Waals surface area (Å²) in [6.07, 6.45) is 25.5. The van der Waals surface area contributed by atoms with Crippen LogP contribution < -0.4 is 5.32 Å². The van der Waals surface area contributed by atoms with Gasteiger partial charge < -0.3 is 10.2 Å². The first kappa shape index (κ1) is 35.7. The van der Waals surface area contributed by atoms with E-state index in [0.29, 0.717) is 19.4 Å². The van der Waals surface area contributed by atoms with E-state index >= 15 is 0 Å². The number of Topliss-reactive ketones (excluding diaryl/α,β-unsaturated/α-hetero) is 1. The lowest BCUT2D eigenvalue weighted by molar-refractivity contribution is -0.627. The lowest BCUT2D eigenvalue weighted by Gasteiger charge is -2.18. The maximum atomic E-state index is 12.1. The highest BCUT2D eigenvalue weighted by Crippen LogP contribution is 2.43. The molecule has 0 radical (unpaired) electrons. The Kier molecular flexibility index (Phi) is 26.2. The van der Waals surface area contributed by atoms with E-state index in [0.717, 1.165) is 25.7 Å². The second-order valence-corrected chi connectivity index (χ2v) is 12.1. The SMILES string of the molecule is CCCCCCCCCCCCCCCCCCCC(COP(=O)(O)OCC[NH2+]C)CC(=O)CCC. The van der Waals surface area contributed by atoms with E-state index < -0.39 is 7.82 Å². The van der Waals surface area contributed by atoms with E-state index in [9.17, 15) is 14.3 Å². The number of nitrogens with two attached hydrogens (primary N) is 1. The van der Waals surface area contributed by atoms with Crippen molar-refractivity contribution in [3.63, 3.8) is 0 Å². The van der Waals surface area contributed by atoms with Crippen molar-refractivity contribution in [2.45, 2.75) is 149 Å². The van der Waals surface area contributed by atoms with E-state index in [1.54, 1.807) is 0 Å². The number of rotatable bonds is 29. The van der Waals surface area contributed by atoms with Gasteiger partial charge in [0.25, 0.3) is 0 Å². The zero-order valence-electron chi connectivity index (χ0n) is 24.2. The van der Waals surface area contributed by atoms with Gasteiger partial charge in [0.1, 0.15) is 12.4 Å². The average Bonchev–Trinajstić information content (AvgIpc) is 2.84. The molecule has 0 fully saturated rings. The molecule has 0 aromatic rings. The predicted molar refractivity (Wildman–Crippen MR) is 151 cm³/mol. The van der Waals surface area contributed by atoms with Crippen molar-refractivity contribution in [2.75, 3.05) is 26.8 Å². The van der Waals surface area contributed by atoms with Gasteiger partial charge in [-0.1, -0.05) is 123 Å². The monoisotopic (exact) mass is 534 g/mol. The van der Waals surface area contributed by atoms with Gasteiger partial charge in [-0.3, -0.25) is 13.8 Å². The largest absolute Gasteiger partial charge is 0.472 e. The van der Waals surface area contributed by atoms with Crippen LogP contribution in [-0.2, 0) is 18.4 Å². The first-order valence-electron chi connectivity index (χ1n) is 15.4. The number of hydrogen-bond acceptors (Lipinski definition) is 4. The van der Waals surface area contributed by atoms with Gasteiger partial charge in [0.15, 0.2) is 0 Å². The molecule has 0 rings (SSSR count). The highest BCUT2D eigenvalue weighted by molar-refractivity contribution is 7.47. The molecular formula is C29H61NO5P+. The summed E-state index contributed by atoms with van der Waals surface area (Å²) in [5, 5.41) is 1.88. The molecule has 0 aromatic carbocycles. The number of phosphoric ester groups is 1. The summed E-state index contributed by atoms with van der Waals surface area (Å²) in [5.41, 5.74) is 0. The summed E-state index contributed by atoms with van der Waals surface area (Å²) in [5.74, 6) is 0.203. The van der Waals surface area contributed by atoms with Crippen molar-refractivity contribution in [2.24, 2.45) is 5.92 Å². The van der Waals surface area contributed by atoms with Crippen LogP contribution in [0, 0.1) is 5.92 Å². The highest BCUT2D eigenvalue weighted by Gasteiger charge is 2.24. The van der Waals surface area contributed by atoms with Gasteiger partial charge in [-0.15, -0.1) is 0 Å². The molecule has 0 saturated heterocycles. The lowest BCUT2D eigenvalue weighted by atomic mass is 9.94. The van der Waals surface area contributed by atoms with Gasteiger partial charge in [0.05, 0.1) is 20.2 Å². The molecular weight excluding hydrogens is 473 g/mol. The molecule has 216 valence electrons. The summed E-state index contributed by atoms with van der Waals surface area (Å²) < 4.78 is 22.3. The summed E-state index contributed by atoms with van der Waals surface area (Å²) in [6.45, 7) is 5.16. The van der Waals surface area contributed by atoms with Crippen molar-refractivity contribution in [1.82, 2.24) is 0 Å². The molecule has 0 aliphatic rings. The fraction of sp³-hybridized carbons (Fsp3) is 0.966. The van der Waals surface area contributed by atoms with Crippen LogP contribution in [0.4, 0.5) is 0 Å². The minimum atomic E-state index is -4.04. The van der Waals surface area contributed by atoms with Crippen molar-refractivity contribution in [1.29, 1.82) is 0 Å². The summed E-state index contributed by atoms with van der Waals surface area (Å²) >= 11 is 0. The third-order valence-electron chi connectivity index (χ3n) is 6.90. The maximum Gasteiger partial charge on any atom is 0.472 e. The van der Waals surface area contributed by atoms with E-state index in [1.165, 1.54) is 96.3 Å². The standard InChI is InChI=1S/C29H60NO5P/c1-4-6-7-8-9-10-11-12-13-14-15-16-17-18-19-20-21-23-28(26-29(31)22-5-2)27-35-36(32,33)34-25-24-30-3/h28,30H,4-27H2,1-3H3,(H,32,33)/p+1. The Bertz CT molecular complexity index is 532. The zero-order chi connectivity index (χ0) is 26.7. The molecule has 2 atom stereocenters. The smallest absolute Gasteiger partial charge is 0.347 e. The van der Waals surface area contributed by atoms with Crippen LogP contribution in [0.15, 0.2) is 0 Å². The molecule has 2 unspecified atom stereocenters. The molecule has 0 heterocycles. The van der Waals surface area contributed by atoms with Crippen LogP contribution in [0.25, 0.3) is 0 Å². The van der Waals surface area contributed by atoms with Crippen molar-refractivity contribution < 1.29 is 28.6 Å². The van der Waals surface area contributed by atoms with Crippen LogP contribution in [0.5, 0.6) is 0 Å². The van der Waals surface area contributed by atoms with Gasteiger partial charge in [-0.25, -0.2) is 4.57 Å². The number of phosphoric acid groups is 1. The Hall–Kier alpha value is -0.260. The first-order valence-corrected chi connectivity index (χ1v) is 16.9. The molecule has 0 aromatic heterocycles. The Balaban J connectivity index is 3.81. The maximum absolute atomic E-state index is 12.1. The third kappa shape index (κ3) is 25.4. The fourth-order valence-electron chi connectivity index (χ4n) is 4.63. The molecule has 0 spiro atoms. The van der Waals surface area contributed by atoms with E-state index in [2.05, 4.69) is 6.92 Å². The number of carbonyl (C=O) groups excluding carboxylic acids is 1. The van der Waals surface area contributed by atoms with Gasteiger partial charge in [0, 0.05) is 12.8 Å². The van der Waals surface area contributed by atoms with Crippen molar-refractivity contribution >= 4 is 13.6 Å². The third-order valence-corrected chi connectivity index (χ3v) is 7.88. The fourth-order valence-corrected chi connectivity index (χ4v) is 5.44. The number of hydrogen-bond donors (Lipinski definition) is 2. The lowest BCUT2D eigenvalue weighted by Crippen LogP contribution is -2.80. The molecule has 0 amide bonds. The van der Waals surface area contributed by atoms with E-state index in [1.807, 2.05) is 19.3 Å². The molecule has 0 aliphatic heterocycles. The predicted octanol–water partition coefficient (Wildman–Crippen LogP) is 7.73. The van der Waals surface area contributed by atoms with Crippen molar-refractivity contribution in [3.8, 4) is 0 Å². The van der Waals surface area contributed by atoms with Crippen LogP contribution in [0.1, 0.15) is 149 Å². The van der Waals surface area contributed by atoms with Crippen LogP contribution in [-0.4, -0.2) is 37.5 Å². The number of quaternary nitrogens is 1. The zero-order valence-corrected chi connectivity index (χ0v) is 25.0. The quantitative estimate of drug-likeness (QED) is 0.0757. The summed E-state index contributed by atoms with van der Waals surface area (Å²) in [6, 6.07) is 0. The number of likely N-dealkylation sites (N-methyl/N-ethyl adjacent to an activating group) is 1. The van der Waals surface area contributed by atoms with Gasteiger partial charge in [-0.05, 0) is 18.8 Å². The Morgan fingerprint density at radius 1 is 0.750 bits per heavy atom. The van der Waals surface area contributed by atoms with Crippen LogP contribution in [0.3, 0.4) is 0 Å². The molecule has 36 heavy (non-hydrogen) atoms. The highest BCUT2D eigenvalue weighted by atomic mass is 31.2. The Labute approximate surface area is 223 Å². The minimum Gasteiger partial charge on any atom is -0.347 e. The van der Waals surface area contributed by atoms with Crippen LogP contribution in [0.2, 0.25) is 0 Å². The molecule has 0 aliphatic carbocycles. The van der Waals surface area contributed by atoms with E-state index in [4.69, 9.17) is 9.05 Å². The Morgan fingerprint density at radius 3 is 1.67 bits per heavy atom. The van der Waals surface area contributed by atoms with Gasteiger partial charge in [-0.2, -0.15) is 0 Å². The molecule has 3 N–H and O–H groups in total. The van der Waals surface area contributed by atoms with Gasteiger partial charge in [0.2, 0.25) is 0 Å². The van der Waals surface area contributed by atoms with E-state index in [-0.39, 0.29) is 24.9 Å². The Morgan fingerprint density at radius 2 is 1.22 bits per heavy atom. The van der Waals surface area contributed by atoms with Crippen molar-refractivity contribution in [3.05, 3.63) is 0 Å². The number of ketones is 1. The second-order valence-electron chi connectivity index (χ2n) is 10.6. The number of carbonyl (C=O) groups is 1.